The van der Waals surface area contributed by atoms with Crippen LogP contribution in [0.5, 0.6) is 5.75 Å². The average molecular weight is 348 g/mol. The number of carbonyl (C=O) groups excluding carboxylic acids is 2. The van der Waals surface area contributed by atoms with Gasteiger partial charge in [0.05, 0.1) is 25.7 Å². The maximum Gasteiger partial charge on any atom is 0.311 e. The standard InChI is InChI=1S/C20H28O5/c1-5-13-24-20(22)16(3)19(15(2)7-6-12-21)25-14-17-8-10-18(23-4)11-9-17/h5,8-12,15-16,19H,1,6-7,13-14H2,2-4H3/t15-,16+,19+/m1/s1. The zero-order valence-corrected chi connectivity index (χ0v) is 15.3. The van der Waals surface area contributed by atoms with Gasteiger partial charge in [0.25, 0.3) is 0 Å². The molecule has 0 N–H and O–H groups in total. The Morgan fingerprint density at radius 1 is 1.24 bits per heavy atom. The second-order valence-corrected chi connectivity index (χ2v) is 6.05. The Morgan fingerprint density at radius 2 is 1.92 bits per heavy atom. The lowest BCUT2D eigenvalue weighted by molar-refractivity contribution is -0.154. The van der Waals surface area contributed by atoms with Gasteiger partial charge in [-0.1, -0.05) is 31.7 Å². The second-order valence-electron chi connectivity index (χ2n) is 6.05. The zero-order valence-electron chi connectivity index (χ0n) is 15.3. The Hall–Kier alpha value is -2.14. The molecule has 0 heterocycles. The number of hydrogen-bond acceptors (Lipinski definition) is 5. The van der Waals surface area contributed by atoms with Gasteiger partial charge in [0, 0.05) is 6.42 Å². The summed E-state index contributed by atoms with van der Waals surface area (Å²) >= 11 is 0. The molecule has 0 spiro atoms. The van der Waals surface area contributed by atoms with Crippen LogP contribution in [0.2, 0.25) is 0 Å². The molecule has 0 aliphatic rings. The van der Waals surface area contributed by atoms with E-state index in [2.05, 4.69) is 6.58 Å². The fourth-order valence-corrected chi connectivity index (χ4v) is 2.62. The molecule has 3 atom stereocenters. The quantitative estimate of drug-likeness (QED) is 0.328. The molecule has 0 saturated heterocycles. The Morgan fingerprint density at radius 3 is 2.48 bits per heavy atom. The van der Waals surface area contributed by atoms with E-state index in [-0.39, 0.29) is 24.6 Å². The smallest absolute Gasteiger partial charge is 0.311 e. The molecule has 0 aliphatic heterocycles. The normalized spacial score (nSPS) is 14.2. The number of esters is 1. The zero-order chi connectivity index (χ0) is 18.7. The van der Waals surface area contributed by atoms with Gasteiger partial charge in [0.15, 0.2) is 0 Å². The summed E-state index contributed by atoms with van der Waals surface area (Å²) in [6, 6.07) is 7.58. The molecule has 0 unspecified atom stereocenters. The van der Waals surface area contributed by atoms with Crippen LogP contribution >= 0.6 is 0 Å². The van der Waals surface area contributed by atoms with E-state index in [9.17, 15) is 9.59 Å². The van der Waals surface area contributed by atoms with E-state index < -0.39 is 5.92 Å². The van der Waals surface area contributed by atoms with Gasteiger partial charge >= 0.3 is 5.97 Å². The van der Waals surface area contributed by atoms with Crippen molar-refractivity contribution in [3.63, 3.8) is 0 Å². The highest BCUT2D eigenvalue weighted by Gasteiger charge is 2.30. The number of aldehydes is 1. The molecule has 0 radical (unpaired) electrons. The molecule has 0 amide bonds. The molecule has 0 aromatic heterocycles. The molecule has 1 aromatic rings. The molecule has 0 bridgehead atoms. The van der Waals surface area contributed by atoms with Gasteiger partial charge in [-0.2, -0.15) is 0 Å². The lowest BCUT2D eigenvalue weighted by atomic mass is 9.90. The average Bonchev–Trinajstić information content (AvgIpc) is 2.64. The van der Waals surface area contributed by atoms with E-state index in [1.165, 1.54) is 6.08 Å². The van der Waals surface area contributed by atoms with Crippen molar-refractivity contribution < 1.29 is 23.8 Å². The number of methoxy groups -OCH3 is 1. The number of hydrogen-bond donors (Lipinski definition) is 0. The van der Waals surface area contributed by atoms with E-state index >= 15 is 0 Å². The third-order valence-corrected chi connectivity index (χ3v) is 4.11. The summed E-state index contributed by atoms with van der Waals surface area (Å²) in [5, 5.41) is 0. The molecule has 0 saturated carbocycles. The summed E-state index contributed by atoms with van der Waals surface area (Å²) in [6.45, 7) is 7.88. The molecule has 5 nitrogen and oxygen atoms in total. The molecule has 1 rings (SSSR count). The SMILES string of the molecule is C=CCOC(=O)[C@@H](C)[C@@H](OCc1ccc(OC)cc1)[C@H](C)CCC=O. The van der Waals surface area contributed by atoms with Gasteiger partial charge in [-0.3, -0.25) is 4.79 Å². The first kappa shape index (κ1) is 20.9. The van der Waals surface area contributed by atoms with E-state index in [4.69, 9.17) is 14.2 Å². The molecule has 5 heteroatoms. The van der Waals surface area contributed by atoms with Crippen molar-refractivity contribution in [3.05, 3.63) is 42.5 Å². The van der Waals surface area contributed by atoms with Gasteiger partial charge in [-0.15, -0.1) is 0 Å². The second kappa shape index (κ2) is 11.4. The number of rotatable bonds is 12. The predicted molar refractivity (Wildman–Crippen MR) is 96.4 cm³/mol. The number of ether oxygens (including phenoxy) is 3. The molecular weight excluding hydrogens is 320 g/mol. The minimum absolute atomic E-state index is 0.0507. The van der Waals surface area contributed by atoms with E-state index in [0.29, 0.717) is 19.4 Å². The van der Waals surface area contributed by atoms with Crippen molar-refractivity contribution in [3.8, 4) is 5.75 Å². The summed E-state index contributed by atoms with van der Waals surface area (Å²) in [5.41, 5.74) is 0.986. The first-order valence-corrected chi connectivity index (χ1v) is 8.49. The third-order valence-electron chi connectivity index (χ3n) is 4.11. The van der Waals surface area contributed by atoms with Crippen molar-refractivity contribution in [1.29, 1.82) is 0 Å². The summed E-state index contributed by atoms with van der Waals surface area (Å²) in [4.78, 5) is 22.8. The minimum atomic E-state index is -0.431. The van der Waals surface area contributed by atoms with Crippen molar-refractivity contribution in [2.45, 2.75) is 39.4 Å². The van der Waals surface area contributed by atoms with Gasteiger partial charge in [0.2, 0.25) is 0 Å². The van der Waals surface area contributed by atoms with Crippen molar-refractivity contribution in [2.75, 3.05) is 13.7 Å². The first-order valence-electron chi connectivity index (χ1n) is 8.49. The van der Waals surface area contributed by atoms with Gasteiger partial charge in [-0.05, 0) is 37.0 Å². The van der Waals surface area contributed by atoms with Gasteiger partial charge in [-0.25, -0.2) is 0 Å². The summed E-state index contributed by atoms with van der Waals surface area (Å²) in [5.74, 6) is 0.0770. The maximum absolute atomic E-state index is 12.2. The van der Waals surface area contributed by atoms with Crippen LogP contribution in [0.4, 0.5) is 0 Å². The molecule has 1 aromatic carbocycles. The highest BCUT2D eigenvalue weighted by Crippen LogP contribution is 2.24. The van der Waals surface area contributed by atoms with Crippen LogP contribution in [0.3, 0.4) is 0 Å². The van der Waals surface area contributed by atoms with Crippen molar-refractivity contribution in [2.24, 2.45) is 11.8 Å². The van der Waals surface area contributed by atoms with Crippen molar-refractivity contribution in [1.82, 2.24) is 0 Å². The molecule has 0 aliphatic carbocycles. The van der Waals surface area contributed by atoms with E-state index in [1.54, 1.807) is 14.0 Å². The Balaban J connectivity index is 2.76. The highest BCUT2D eigenvalue weighted by atomic mass is 16.5. The van der Waals surface area contributed by atoms with Crippen LogP contribution in [0.25, 0.3) is 0 Å². The fraction of sp³-hybridized carbons (Fsp3) is 0.500. The number of benzene rings is 1. The topological polar surface area (TPSA) is 61.8 Å². The molecule has 0 fully saturated rings. The van der Waals surface area contributed by atoms with Gasteiger partial charge < -0.3 is 19.0 Å². The molecule has 138 valence electrons. The maximum atomic E-state index is 12.2. The highest BCUT2D eigenvalue weighted by molar-refractivity contribution is 5.72. The van der Waals surface area contributed by atoms with Crippen LogP contribution < -0.4 is 4.74 Å². The van der Waals surface area contributed by atoms with Crippen LogP contribution in [0, 0.1) is 11.8 Å². The summed E-state index contributed by atoms with van der Waals surface area (Å²) in [6.07, 6.45) is 3.19. The van der Waals surface area contributed by atoms with Crippen LogP contribution in [0.15, 0.2) is 36.9 Å². The minimum Gasteiger partial charge on any atom is -0.497 e. The van der Waals surface area contributed by atoms with Crippen LogP contribution in [-0.4, -0.2) is 32.1 Å². The van der Waals surface area contributed by atoms with E-state index in [1.807, 2.05) is 31.2 Å². The predicted octanol–water partition coefficient (Wildman–Crippen LogP) is 3.56. The lowest BCUT2D eigenvalue weighted by Crippen LogP contribution is -2.35. The Labute approximate surface area is 150 Å². The first-order chi connectivity index (χ1) is 12.0. The molecule has 25 heavy (non-hydrogen) atoms. The summed E-state index contributed by atoms with van der Waals surface area (Å²) < 4.78 is 16.3. The van der Waals surface area contributed by atoms with Crippen LogP contribution in [-0.2, 0) is 25.7 Å². The third kappa shape index (κ3) is 7.10. The lowest BCUT2D eigenvalue weighted by Gasteiger charge is -2.28. The monoisotopic (exact) mass is 348 g/mol. The number of carbonyl (C=O) groups is 2. The van der Waals surface area contributed by atoms with E-state index in [0.717, 1.165) is 17.6 Å². The fourth-order valence-electron chi connectivity index (χ4n) is 2.62. The largest absolute Gasteiger partial charge is 0.497 e. The Bertz CT molecular complexity index is 538. The van der Waals surface area contributed by atoms with Gasteiger partial charge in [0.1, 0.15) is 18.6 Å². The van der Waals surface area contributed by atoms with Crippen molar-refractivity contribution >= 4 is 12.3 Å². The molecular formula is C20H28O5. The summed E-state index contributed by atoms with van der Waals surface area (Å²) in [7, 11) is 1.62. The Kier molecular flexibility index (Phi) is 9.55. The van der Waals surface area contributed by atoms with Crippen LogP contribution in [0.1, 0.15) is 32.3 Å².